The lowest BCUT2D eigenvalue weighted by molar-refractivity contribution is 0.537. The third-order valence-electron chi connectivity index (χ3n) is 3.13. The standard InChI is InChI=1S/C12H26N2O2S2/c1-10(2)13-8-11(3)18(15,16)14-9-12-6-4-5-7-17-12/h10-14H,4-9H2,1-3H3. The summed E-state index contributed by atoms with van der Waals surface area (Å²) in [7, 11) is -3.18. The summed E-state index contributed by atoms with van der Waals surface area (Å²) in [5.41, 5.74) is 0. The average Bonchev–Trinajstić information content (AvgIpc) is 2.34. The highest BCUT2D eigenvalue weighted by atomic mass is 32.2. The lowest BCUT2D eigenvalue weighted by atomic mass is 10.2. The predicted octanol–water partition coefficient (Wildman–Crippen LogP) is 1.58. The van der Waals surface area contributed by atoms with Crippen LogP contribution < -0.4 is 10.0 Å². The van der Waals surface area contributed by atoms with E-state index in [1.165, 1.54) is 12.8 Å². The van der Waals surface area contributed by atoms with Crippen LogP contribution in [0.1, 0.15) is 40.0 Å². The van der Waals surface area contributed by atoms with E-state index in [9.17, 15) is 8.42 Å². The van der Waals surface area contributed by atoms with Crippen molar-refractivity contribution in [2.24, 2.45) is 0 Å². The molecule has 2 N–H and O–H groups in total. The van der Waals surface area contributed by atoms with Gasteiger partial charge in [-0.1, -0.05) is 20.3 Å². The lowest BCUT2D eigenvalue weighted by Gasteiger charge is -2.23. The van der Waals surface area contributed by atoms with Gasteiger partial charge in [0.25, 0.3) is 0 Å². The van der Waals surface area contributed by atoms with Crippen LogP contribution in [-0.2, 0) is 10.0 Å². The van der Waals surface area contributed by atoms with Crippen molar-refractivity contribution in [3.05, 3.63) is 0 Å². The second-order valence-corrected chi connectivity index (χ2v) is 8.85. The highest BCUT2D eigenvalue weighted by Crippen LogP contribution is 2.24. The van der Waals surface area contributed by atoms with Crippen LogP contribution in [0.4, 0.5) is 0 Å². The molecule has 1 heterocycles. The van der Waals surface area contributed by atoms with Crippen LogP contribution in [0.5, 0.6) is 0 Å². The average molecular weight is 294 g/mol. The molecular formula is C12H26N2O2S2. The fraction of sp³-hybridized carbons (Fsp3) is 1.00. The number of thioether (sulfide) groups is 1. The van der Waals surface area contributed by atoms with Crippen LogP contribution >= 0.6 is 11.8 Å². The molecule has 0 aliphatic carbocycles. The molecule has 0 aromatic rings. The SMILES string of the molecule is CC(C)NCC(C)S(=O)(=O)NCC1CCCCS1. The van der Waals surface area contributed by atoms with Gasteiger partial charge in [0.1, 0.15) is 0 Å². The van der Waals surface area contributed by atoms with Crippen molar-refractivity contribution in [1.82, 2.24) is 10.0 Å². The van der Waals surface area contributed by atoms with Gasteiger partial charge in [0.15, 0.2) is 0 Å². The van der Waals surface area contributed by atoms with Crippen molar-refractivity contribution in [1.29, 1.82) is 0 Å². The summed E-state index contributed by atoms with van der Waals surface area (Å²) in [5.74, 6) is 1.16. The quantitative estimate of drug-likeness (QED) is 0.748. The minimum Gasteiger partial charge on any atom is -0.313 e. The van der Waals surface area contributed by atoms with Gasteiger partial charge in [0, 0.05) is 24.4 Å². The molecule has 1 aliphatic rings. The van der Waals surface area contributed by atoms with E-state index in [-0.39, 0.29) is 5.25 Å². The van der Waals surface area contributed by atoms with Crippen LogP contribution in [0, 0.1) is 0 Å². The lowest BCUT2D eigenvalue weighted by Crippen LogP contribution is -2.42. The van der Waals surface area contributed by atoms with Crippen LogP contribution in [-0.4, -0.2) is 43.8 Å². The molecule has 2 unspecified atom stereocenters. The molecule has 18 heavy (non-hydrogen) atoms. The van der Waals surface area contributed by atoms with Gasteiger partial charge in [-0.15, -0.1) is 0 Å². The third-order valence-corrected chi connectivity index (χ3v) is 6.32. The van der Waals surface area contributed by atoms with E-state index in [2.05, 4.69) is 10.0 Å². The highest BCUT2D eigenvalue weighted by molar-refractivity contribution is 8.00. The fourth-order valence-corrected chi connectivity index (χ4v) is 4.21. The summed E-state index contributed by atoms with van der Waals surface area (Å²) in [4.78, 5) is 0. The smallest absolute Gasteiger partial charge is 0.215 e. The summed E-state index contributed by atoms with van der Waals surface area (Å²) in [6.07, 6.45) is 3.62. The summed E-state index contributed by atoms with van der Waals surface area (Å²) >= 11 is 1.89. The topological polar surface area (TPSA) is 58.2 Å². The summed E-state index contributed by atoms with van der Waals surface area (Å²) in [5, 5.41) is 3.24. The second-order valence-electron chi connectivity index (χ2n) is 5.26. The Bertz CT molecular complexity index is 325. The zero-order valence-electron chi connectivity index (χ0n) is 11.6. The second kappa shape index (κ2) is 7.72. The first-order valence-electron chi connectivity index (χ1n) is 6.75. The molecule has 2 atom stereocenters. The highest BCUT2D eigenvalue weighted by Gasteiger charge is 2.22. The molecule has 1 rings (SSSR count). The van der Waals surface area contributed by atoms with E-state index in [0.29, 0.717) is 24.4 Å². The van der Waals surface area contributed by atoms with E-state index in [0.717, 1.165) is 12.2 Å². The third kappa shape index (κ3) is 5.91. The largest absolute Gasteiger partial charge is 0.313 e. The van der Waals surface area contributed by atoms with Crippen molar-refractivity contribution in [3.8, 4) is 0 Å². The predicted molar refractivity (Wildman–Crippen MR) is 79.6 cm³/mol. The molecule has 0 aromatic carbocycles. The van der Waals surface area contributed by atoms with Gasteiger partial charge in [-0.25, -0.2) is 13.1 Å². The number of hydrogen-bond donors (Lipinski definition) is 2. The fourth-order valence-electron chi connectivity index (χ4n) is 1.83. The molecule has 1 saturated heterocycles. The Kier molecular flexibility index (Phi) is 6.98. The van der Waals surface area contributed by atoms with E-state index in [1.54, 1.807) is 6.92 Å². The first kappa shape index (κ1) is 16.3. The Balaban J connectivity index is 2.33. The number of rotatable bonds is 7. The van der Waals surface area contributed by atoms with Gasteiger partial charge in [0.2, 0.25) is 10.0 Å². The molecule has 0 radical (unpaired) electrons. The van der Waals surface area contributed by atoms with E-state index in [1.807, 2.05) is 25.6 Å². The normalized spacial score (nSPS) is 23.2. The molecule has 1 aliphatic heterocycles. The van der Waals surface area contributed by atoms with Crippen molar-refractivity contribution < 1.29 is 8.42 Å². The van der Waals surface area contributed by atoms with E-state index >= 15 is 0 Å². The maximum Gasteiger partial charge on any atom is 0.215 e. The van der Waals surface area contributed by atoms with Crippen LogP contribution in [0.25, 0.3) is 0 Å². The zero-order chi connectivity index (χ0) is 13.6. The molecule has 0 aromatic heterocycles. The maximum absolute atomic E-state index is 12.0. The number of hydrogen-bond acceptors (Lipinski definition) is 4. The van der Waals surface area contributed by atoms with Crippen molar-refractivity contribution in [2.75, 3.05) is 18.8 Å². The molecule has 108 valence electrons. The first-order valence-corrected chi connectivity index (χ1v) is 9.35. The Morgan fingerprint density at radius 3 is 2.56 bits per heavy atom. The Hall–Kier alpha value is 0.220. The zero-order valence-corrected chi connectivity index (χ0v) is 13.2. The van der Waals surface area contributed by atoms with Gasteiger partial charge >= 0.3 is 0 Å². The number of nitrogens with one attached hydrogen (secondary N) is 2. The summed E-state index contributed by atoms with van der Waals surface area (Å²) in [6.45, 7) is 6.88. The van der Waals surface area contributed by atoms with Gasteiger partial charge in [-0.3, -0.25) is 0 Å². The first-order chi connectivity index (χ1) is 8.42. The summed E-state index contributed by atoms with van der Waals surface area (Å²) < 4.78 is 26.8. The maximum atomic E-state index is 12.0. The molecule has 6 heteroatoms. The molecule has 0 spiro atoms. The monoisotopic (exact) mass is 294 g/mol. The Morgan fingerprint density at radius 2 is 2.00 bits per heavy atom. The molecule has 1 fully saturated rings. The van der Waals surface area contributed by atoms with Crippen LogP contribution in [0.15, 0.2) is 0 Å². The molecule has 0 bridgehead atoms. The Morgan fingerprint density at radius 1 is 1.28 bits per heavy atom. The van der Waals surface area contributed by atoms with E-state index < -0.39 is 10.0 Å². The van der Waals surface area contributed by atoms with Crippen molar-refractivity contribution >= 4 is 21.8 Å². The van der Waals surface area contributed by atoms with E-state index in [4.69, 9.17) is 0 Å². The van der Waals surface area contributed by atoms with Crippen LogP contribution in [0.2, 0.25) is 0 Å². The van der Waals surface area contributed by atoms with Gasteiger partial charge in [-0.05, 0) is 25.5 Å². The van der Waals surface area contributed by atoms with Crippen molar-refractivity contribution in [3.63, 3.8) is 0 Å². The van der Waals surface area contributed by atoms with Gasteiger partial charge in [0.05, 0.1) is 5.25 Å². The number of sulfonamides is 1. The van der Waals surface area contributed by atoms with Crippen LogP contribution in [0.3, 0.4) is 0 Å². The molecule has 0 saturated carbocycles. The molecular weight excluding hydrogens is 268 g/mol. The van der Waals surface area contributed by atoms with Crippen molar-refractivity contribution in [2.45, 2.75) is 56.6 Å². The Labute approximate surface area is 116 Å². The summed E-state index contributed by atoms with van der Waals surface area (Å²) in [6, 6.07) is 0.316. The van der Waals surface area contributed by atoms with Gasteiger partial charge < -0.3 is 5.32 Å². The minimum absolute atomic E-state index is 0.316. The van der Waals surface area contributed by atoms with Gasteiger partial charge in [-0.2, -0.15) is 11.8 Å². The molecule has 4 nitrogen and oxygen atoms in total. The minimum atomic E-state index is -3.18. The molecule has 0 amide bonds.